The Hall–Kier alpha value is -1.80. The molecule has 0 heterocycles. The summed E-state index contributed by atoms with van der Waals surface area (Å²) < 4.78 is 0. The SMILES string of the molecule is CCCC(CO)(Nc1ccccc1)c1ccccc1. The quantitative estimate of drug-likeness (QED) is 0.823. The topological polar surface area (TPSA) is 32.3 Å². The largest absolute Gasteiger partial charge is 0.394 e. The second-order valence-electron chi connectivity index (χ2n) is 4.85. The van der Waals surface area contributed by atoms with Crippen molar-refractivity contribution in [1.29, 1.82) is 0 Å². The number of aliphatic hydroxyl groups excluding tert-OH is 1. The average molecular weight is 255 g/mol. The van der Waals surface area contributed by atoms with Crippen LogP contribution in [0.25, 0.3) is 0 Å². The van der Waals surface area contributed by atoms with Crippen molar-refractivity contribution >= 4 is 5.69 Å². The molecule has 0 radical (unpaired) electrons. The van der Waals surface area contributed by atoms with Gasteiger partial charge in [0, 0.05) is 5.69 Å². The van der Waals surface area contributed by atoms with Crippen molar-refractivity contribution in [2.24, 2.45) is 0 Å². The van der Waals surface area contributed by atoms with E-state index in [2.05, 4.69) is 24.4 Å². The van der Waals surface area contributed by atoms with Gasteiger partial charge in [-0.05, 0) is 24.1 Å². The van der Waals surface area contributed by atoms with Gasteiger partial charge in [0.1, 0.15) is 0 Å². The molecule has 0 saturated heterocycles. The Morgan fingerprint density at radius 1 is 0.947 bits per heavy atom. The van der Waals surface area contributed by atoms with Gasteiger partial charge in [0.15, 0.2) is 0 Å². The van der Waals surface area contributed by atoms with E-state index in [4.69, 9.17) is 0 Å². The third-order valence-corrected chi connectivity index (χ3v) is 3.43. The van der Waals surface area contributed by atoms with E-state index < -0.39 is 5.54 Å². The Kier molecular flexibility index (Phi) is 4.58. The van der Waals surface area contributed by atoms with Crippen molar-refractivity contribution < 1.29 is 5.11 Å². The van der Waals surface area contributed by atoms with Crippen LogP contribution >= 0.6 is 0 Å². The molecule has 0 aliphatic heterocycles. The Morgan fingerprint density at radius 2 is 1.53 bits per heavy atom. The van der Waals surface area contributed by atoms with Crippen molar-refractivity contribution in [1.82, 2.24) is 0 Å². The highest BCUT2D eigenvalue weighted by Crippen LogP contribution is 2.30. The van der Waals surface area contributed by atoms with Crippen LogP contribution in [0.4, 0.5) is 5.69 Å². The molecule has 0 spiro atoms. The van der Waals surface area contributed by atoms with Crippen LogP contribution in [-0.4, -0.2) is 11.7 Å². The molecular formula is C17H21NO. The van der Waals surface area contributed by atoms with E-state index in [1.807, 2.05) is 48.5 Å². The van der Waals surface area contributed by atoms with E-state index >= 15 is 0 Å². The van der Waals surface area contributed by atoms with Crippen molar-refractivity contribution in [2.45, 2.75) is 25.3 Å². The first kappa shape index (κ1) is 13.6. The summed E-state index contributed by atoms with van der Waals surface area (Å²) in [5.41, 5.74) is 1.76. The number of hydrogen-bond acceptors (Lipinski definition) is 2. The molecular weight excluding hydrogens is 234 g/mol. The molecule has 2 nitrogen and oxygen atoms in total. The molecule has 0 saturated carbocycles. The highest BCUT2D eigenvalue weighted by Gasteiger charge is 2.30. The van der Waals surface area contributed by atoms with Crippen LogP contribution in [0.5, 0.6) is 0 Å². The van der Waals surface area contributed by atoms with Gasteiger partial charge in [0.05, 0.1) is 12.1 Å². The van der Waals surface area contributed by atoms with Gasteiger partial charge >= 0.3 is 0 Å². The maximum absolute atomic E-state index is 9.96. The lowest BCUT2D eigenvalue weighted by Crippen LogP contribution is -2.39. The molecule has 2 aromatic carbocycles. The average Bonchev–Trinajstić information content (AvgIpc) is 2.49. The first-order chi connectivity index (χ1) is 9.30. The second kappa shape index (κ2) is 6.39. The lowest BCUT2D eigenvalue weighted by Gasteiger charge is -2.34. The summed E-state index contributed by atoms with van der Waals surface area (Å²) in [6.07, 6.45) is 1.90. The number of hydrogen-bond donors (Lipinski definition) is 2. The Bertz CT molecular complexity index is 483. The highest BCUT2D eigenvalue weighted by molar-refractivity contribution is 5.48. The van der Waals surface area contributed by atoms with Crippen LogP contribution in [0, 0.1) is 0 Å². The minimum absolute atomic E-state index is 0.0831. The summed E-state index contributed by atoms with van der Waals surface area (Å²) >= 11 is 0. The minimum Gasteiger partial charge on any atom is -0.394 e. The van der Waals surface area contributed by atoms with E-state index in [1.54, 1.807) is 0 Å². The summed E-state index contributed by atoms with van der Waals surface area (Å²) in [7, 11) is 0. The van der Waals surface area contributed by atoms with E-state index in [0.29, 0.717) is 0 Å². The number of anilines is 1. The summed E-state index contributed by atoms with van der Waals surface area (Å²) in [5.74, 6) is 0. The zero-order valence-corrected chi connectivity index (χ0v) is 11.3. The molecule has 0 aliphatic rings. The fourth-order valence-corrected chi connectivity index (χ4v) is 2.47. The molecule has 2 N–H and O–H groups in total. The van der Waals surface area contributed by atoms with Gasteiger partial charge in [0.25, 0.3) is 0 Å². The summed E-state index contributed by atoms with van der Waals surface area (Å²) in [6, 6.07) is 20.2. The Morgan fingerprint density at radius 3 is 2.05 bits per heavy atom. The van der Waals surface area contributed by atoms with E-state index in [1.165, 1.54) is 0 Å². The predicted octanol–water partition coefficient (Wildman–Crippen LogP) is 3.79. The Balaban J connectivity index is 2.34. The number of rotatable bonds is 6. The summed E-state index contributed by atoms with van der Waals surface area (Å²) in [5, 5.41) is 13.5. The molecule has 2 heteroatoms. The molecule has 1 atom stereocenters. The van der Waals surface area contributed by atoms with Gasteiger partial charge in [-0.3, -0.25) is 0 Å². The minimum atomic E-state index is -0.405. The van der Waals surface area contributed by atoms with Crippen LogP contribution in [-0.2, 0) is 5.54 Å². The fourth-order valence-electron chi connectivity index (χ4n) is 2.47. The molecule has 100 valence electrons. The van der Waals surface area contributed by atoms with Crippen LogP contribution in [0.1, 0.15) is 25.3 Å². The Labute approximate surface area is 115 Å². The monoisotopic (exact) mass is 255 g/mol. The lowest BCUT2D eigenvalue weighted by atomic mass is 9.86. The zero-order chi connectivity index (χ0) is 13.6. The van der Waals surface area contributed by atoms with E-state index in [9.17, 15) is 5.11 Å². The van der Waals surface area contributed by atoms with Crippen LogP contribution in [0.2, 0.25) is 0 Å². The molecule has 2 aromatic rings. The van der Waals surface area contributed by atoms with Gasteiger partial charge in [-0.25, -0.2) is 0 Å². The predicted molar refractivity (Wildman–Crippen MR) is 80.2 cm³/mol. The molecule has 0 fully saturated rings. The summed E-state index contributed by atoms with van der Waals surface area (Å²) in [6.45, 7) is 2.22. The number of aliphatic hydroxyl groups is 1. The fraction of sp³-hybridized carbons (Fsp3) is 0.294. The van der Waals surface area contributed by atoms with E-state index in [-0.39, 0.29) is 6.61 Å². The van der Waals surface area contributed by atoms with Crippen LogP contribution in [0.3, 0.4) is 0 Å². The van der Waals surface area contributed by atoms with Gasteiger partial charge < -0.3 is 10.4 Å². The second-order valence-corrected chi connectivity index (χ2v) is 4.85. The molecule has 1 unspecified atom stereocenters. The normalized spacial score (nSPS) is 13.8. The first-order valence-corrected chi connectivity index (χ1v) is 6.80. The molecule has 0 aromatic heterocycles. The van der Waals surface area contributed by atoms with Gasteiger partial charge in [-0.15, -0.1) is 0 Å². The standard InChI is InChI=1S/C17H21NO/c1-2-13-17(14-19,15-9-5-3-6-10-15)18-16-11-7-4-8-12-16/h3-12,18-19H,2,13-14H2,1H3. The van der Waals surface area contributed by atoms with Crippen LogP contribution in [0.15, 0.2) is 60.7 Å². The number of para-hydroxylation sites is 1. The van der Waals surface area contributed by atoms with Crippen molar-refractivity contribution in [2.75, 3.05) is 11.9 Å². The van der Waals surface area contributed by atoms with Gasteiger partial charge in [-0.1, -0.05) is 61.9 Å². The highest BCUT2D eigenvalue weighted by atomic mass is 16.3. The van der Waals surface area contributed by atoms with Gasteiger partial charge in [-0.2, -0.15) is 0 Å². The smallest absolute Gasteiger partial charge is 0.0856 e. The number of benzene rings is 2. The van der Waals surface area contributed by atoms with Crippen molar-refractivity contribution in [3.05, 3.63) is 66.2 Å². The first-order valence-electron chi connectivity index (χ1n) is 6.80. The van der Waals surface area contributed by atoms with Crippen LogP contribution < -0.4 is 5.32 Å². The molecule has 0 bridgehead atoms. The lowest BCUT2D eigenvalue weighted by molar-refractivity contribution is 0.202. The number of nitrogens with one attached hydrogen (secondary N) is 1. The maximum atomic E-state index is 9.96. The zero-order valence-electron chi connectivity index (χ0n) is 11.3. The third-order valence-electron chi connectivity index (χ3n) is 3.43. The van der Waals surface area contributed by atoms with Gasteiger partial charge in [0.2, 0.25) is 0 Å². The van der Waals surface area contributed by atoms with Crippen molar-refractivity contribution in [3.8, 4) is 0 Å². The van der Waals surface area contributed by atoms with E-state index in [0.717, 1.165) is 24.1 Å². The molecule has 19 heavy (non-hydrogen) atoms. The molecule has 2 rings (SSSR count). The maximum Gasteiger partial charge on any atom is 0.0856 e. The molecule has 0 amide bonds. The third kappa shape index (κ3) is 3.15. The van der Waals surface area contributed by atoms with Crippen molar-refractivity contribution in [3.63, 3.8) is 0 Å². The molecule has 0 aliphatic carbocycles. The summed E-state index contributed by atoms with van der Waals surface area (Å²) in [4.78, 5) is 0.